The highest BCUT2D eigenvalue weighted by atomic mass is 16.5. The average molecular weight is 393 g/mol. The highest BCUT2D eigenvalue weighted by molar-refractivity contribution is 6.00. The molecule has 1 aromatic carbocycles. The number of carbonyl (C=O) groups is 2. The number of carboxylic acids is 1. The van der Waals surface area contributed by atoms with E-state index < -0.39 is 5.97 Å². The summed E-state index contributed by atoms with van der Waals surface area (Å²) in [5, 5.41) is 9.09. The predicted molar refractivity (Wildman–Crippen MR) is 106 cm³/mol. The van der Waals surface area contributed by atoms with Gasteiger partial charge in [-0.1, -0.05) is 0 Å². The molecule has 28 heavy (non-hydrogen) atoms. The summed E-state index contributed by atoms with van der Waals surface area (Å²) in [6, 6.07) is 3.49. The number of benzene rings is 1. The largest absolute Gasteiger partial charge is 0.490 e. The standard InChI is InChI=1S/C21H31NO6/c1-4-26-18-8-7-16(19(27-5-2)20(18)28-6-3)17(23)11-14-22-12-9-15(10-13-22)21(24)25/h7-8,15H,4-6,9-14H2,1-3H3,(H,24,25). The smallest absolute Gasteiger partial charge is 0.306 e. The van der Waals surface area contributed by atoms with E-state index in [1.807, 2.05) is 20.8 Å². The number of carboxylic acid groups (broad SMARTS) is 1. The van der Waals surface area contributed by atoms with Crippen molar-refractivity contribution in [2.24, 2.45) is 5.92 Å². The first-order chi connectivity index (χ1) is 13.5. The van der Waals surface area contributed by atoms with Crippen molar-refractivity contribution < 1.29 is 28.9 Å². The predicted octanol–water partition coefficient (Wildman–Crippen LogP) is 3.25. The molecule has 0 spiro atoms. The summed E-state index contributed by atoms with van der Waals surface area (Å²) >= 11 is 0. The zero-order chi connectivity index (χ0) is 20.5. The number of hydrogen-bond acceptors (Lipinski definition) is 6. The minimum atomic E-state index is -0.727. The molecule has 1 N–H and O–H groups in total. The number of ether oxygens (including phenoxy) is 3. The lowest BCUT2D eigenvalue weighted by atomic mass is 9.96. The van der Waals surface area contributed by atoms with Gasteiger partial charge in [0.1, 0.15) is 0 Å². The highest BCUT2D eigenvalue weighted by Crippen LogP contribution is 2.41. The van der Waals surface area contributed by atoms with Gasteiger partial charge in [-0.2, -0.15) is 0 Å². The number of Topliss-reactive ketones (excluding diaryl/α,β-unsaturated/α-hetero) is 1. The third-order valence-electron chi connectivity index (χ3n) is 4.85. The van der Waals surface area contributed by atoms with Crippen LogP contribution < -0.4 is 14.2 Å². The number of carbonyl (C=O) groups excluding carboxylic acids is 1. The number of hydrogen-bond donors (Lipinski definition) is 1. The first-order valence-electron chi connectivity index (χ1n) is 10.0. The summed E-state index contributed by atoms with van der Waals surface area (Å²) in [6.07, 6.45) is 1.61. The van der Waals surface area contributed by atoms with Crippen LogP contribution in [0.3, 0.4) is 0 Å². The van der Waals surface area contributed by atoms with E-state index in [0.717, 1.165) is 0 Å². The second-order valence-electron chi connectivity index (χ2n) is 6.70. The number of nitrogens with zero attached hydrogens (tertiary/aromatic N) is 1. The maximum absolute atomic E-state index is 12.9. The molecule has 0 aliphatic carbocycles. The molecular weight excluding hydrogens is 362 g/mol. The Morgan fingerprint density at radius 2 is 1.61 bits per heavy atom. The van der Waals surface area contributed by atoms with E-state index in [2.05, 4.69) is 4.90 Å². The van der Waals surface area contributed by atoms with Gasteiger partial charge in [-0.3, -0.25) is 9.59 Å². The van der Waals surface area contributed by atoms with Gasteiger partial charge in [-0.05, 0) is 58.8 Å². The van der Waals surface area contributed by atoms with Gasteiger partial charge in [-0.25, -0.2) is 0 Å². The molecule has 0 aromatic heterocycles. The maximum atomic E-state index is 12.9. The van der Waals surface area contributed by atoms with Crippen molar-refractivity contribution in [1.29, 1.82) is 0 Å². The van der Waals surface area contributed by atoms with Gasteiger partial charge < -0.3 is 24.2 Å². The summed E-state index contributed by atoms with van der Waals surface area (Å²) in [4.78, 5) is 26.1. The molecular formula is C21H31NO6. The second-order valence-corrected chi connectivity index (χ2v) is 6.70. The Bertz CT molecular complexity index is 667. The van der Waals surface area contributed by atoms with Gasteiger partial charge in [0.2, 0.25) is 5.75 Å². The lowest BCUT2D eigenvalue weighted by Crippen LogP contribution is -2.37. The quantitative estimate of drug-likeness (QED) is 0.578. The zero-order valence-corrected chi connectivity index (χ0v) is 17.0. The molecule has 2 rings (SSSR count). The van der Waals surface area contributed by atoms with E-state index in [0.29, 0.717) is 81.5 Å². The Labute approximate surface area is 166 Å². The third kappa shape index (κ3) is 5.61. The van der Waals surface area contributed by atoms with Crippen LogP contribution in [0.4, 0.5) is 0 Å². The molecule has 1 saturated heterocycles. The van der Waals surface area contributed by atoms with Crippen molar-refractivity contribution in [3.05, 3.63) is 17.7 Å². The molecule has 0 unspecified atom stereocenters. The van der Waals surface area contributed by atoms with Crippen molar-refractivity contribution in [2.75, 3.05) is 39.5 Å². The lowest BCUT2D eigenvalue weighted by Gasteiger charge is -2.29. The maximum Gasteiger partial charge on any atom is 0.306 e. The molecule has 7 nitrogen and oxygen atoms in total. The molecule has 1 aliphatic rings. The fraction of sp³-hybridized carbons (Fsp3) is 0.619. The van der Waals surface area contributed by atoms with Gasteiger partial charge >= 0.3 is 5.97 Å². The average Bonchev–Trinajstić information content (AvgIpc) is 2.69. The molecule has 0 atom stereocenters. The van der Waals surface area contributed by atoms with E-state index >= 15 is 0 Å². The van der Waals surface area contributed by atoms with Crippen LogP contribution in [-0.4, -0.2) is 61.2 Å². The van der Waals surface area contributed by atoms with E-state index in [-0.39, 0.29) is 11.7 Å². The van der Waals surface area contributed by atoms with Crippen LogP contribution >= 0.6 is 0 Å². The van der Waals surface area contributed by atoms with Crippen molar-refractivity contribution >= 4 is 11.8 Å². The second kappa shape index (κ2) is 10.9. The highest BCUT2D eigenvalue weighted by Gasteiger charge is 2.26. The van der Waals surface area contributed by atoms with Gasteiger partial charge in [0, 0.05) is 13.0 Å². The van der Waals surface area contributed by atoms with E-state index in [1.165, 1.54) is 0 Å². The van der Waals surface area contributed by atoms with Crippen LogP contribution in [-0.2, 0) is 4.79 Å². The van der Waals surface area contributed by atoms with Crippen LogP contribution in [0.5, 0.6) is 17.2 Å². The minimum absolute atomic E-state index is 0.0205. The van der Waals surface area contributed by atoms with Crippen molar-refractivity contribution in [3.8, 4) is 17.2 Å². The van der Waals surface area contributed by atoms with Crippen molar-refractivity contribution in [3.63, 3.8) is 0 Å². The minimum Gasteiger partial charge on any atom is -0.490 e. The van der Waals surface area contributed by atoms with Crippen LogP contribution in [0.25, 0.3) is 0 Å². The van der Waals surface area contributed by atoms with Crippen LogP contribution in [0.15, 0.2) is 12.1 Å². The van der Waals surface area contributed by atoms with E-state index in [9.17, 15) is 9.59 Å². The molecule has 0 saturated carbocycles. The number of rotatable bonds is 11. The summed E-state index contributed by atoms with van der Waals surface area (Å²) < 4.78 is 17.1. The van der Waals surface area contributed by atoms with Gasteiger partial charge in [-0.15, -0.1) is 0 Å². The number of likely N-dealkylation sites (tertiary alicyclic amines) is 1. The SMILES string of the molecule is CCOc1ccc(C(=O)CCN2CCC(C(=O)O)CC2)c(OCC)c1OCC. The van der Waals surface area contributed by atoms with E-state index in [1.54, 1.807) is 12.1 Å². The molecule has 1 fully saturated rings. The topological polar surface area (TPSA) is 85.3 Å². The van der Waals surface area contributed by atoms with Gasteiger partial charge in [0.15, 0.2) is 17.3 Å². The fourth-order valence-electron chi connectivity index (χ4n) is 3.40. The zero-order valence-electron chi connectivity index (χ0n) is 17.0. The Hall–Kier alpha value is -2.28. The van der Waals surface area contributed by atoms with Gasteiger partial charge in [0.05, 0.1) is 31.3 Å². The normalized spacial score (nSPS) is 15.2. The Morgan fingerprint density at radius 1 is 1.00 bits per heavy atom. The van der Waals surface area contributed by atoms with Crippen molar-refractivity contribution in [2.45, 2.75) is 40.0 Å². The van der Waals surface area contributed by atoms with Gasteiger partial charge in [0.25, 0.3) is 0 Å². The van der Waals surface area contributed by atoms with Crippen molar-refractivity contribution in [1.82, 2.24) is 4.90 Å². The molecule has 0 bridgehead atoms. The summed E-state index contributed by atoms with van der Waals surface area (Å²) in [5.74, 6) is 0.461. The first-order valence-corrected chi connectivity index (χ1v) is 10.0. The Balaban J connectivity index is 2.09. The fourth-order valence-corrected chi connectivity index (χ4v) is 3.40. The molecule has 0 radical (unpaired) electrons. The van der Waals surface area contributed by atoms with Crippen LogP contribution in [0, 0.1) is 5.92 Å². The lowest BCUT2D eigenvalue weighted by molar-refractivity contribution is -0.143. The Kier molecular flexibility index (Phi) is 8.57. The molecule has 0 amide bonds. The third-order valence-corrected chi connectivity index (χ3v) is 4.85. The summed E-state index contributed by atoms with van der Waals surface area (Å²) in [7, 11) is 0. The monoisotopic (exact) mass is 393 g/mol. The van der Waals surface area contributed by atoms with E-state index in [4.69, 9.17) is 19.3 Å². The molecule has 1 aliphatic heterocycles. The molecule has 7 heteroatoms. The van der Waals surface area contributed by atoms with Crippen LogP contribution in [0.1, 0.15) is 50.4 Å². The number of aliphatic carboxylic acids is 1. The molecule has 1 heterocycles. The number of piperidine rings is 1. The summed E-state index contributed by atoms with van der Waals surface area (Å²) in [5.41, 5.74) is 0.495. The first kappa shape index (κ1) is 22.0. The van der Waals surface area contributed by atoms with Crippen LogP contribution in [0.2, 0.25) is 0 Å². The Morgan fingerprint density at radius 3 is 2.18 bits per heavy atom. The molecule has 1 aromatic rings. The summed E-state index contributed by atoms with van der Waals surface area (Å²) in [6.45, 7) is 8.99. The molecule has 156 valence electrons. The number of ketones is 1.